The minimum absolute atomic E-state index is 0.627. The molecule has 0 heterocycles. The number of hydrogen-bond acceptors (Lipinski definition) is 3. The summed E-state index contributed by atoms with van der Waals surface area (Å²) in [7, 11) is 0. The standard InChI is InChI=1S/C9H11NO4/c11-8(10-14)4-6-2-1-3-7(6)5-9(12)13/h4-5,14H,1-3H2,(H,10,11)(H,12,13)/b6-4-,7-5+. The molecule has 76 valence electrons. The van der Waals surface area contributed by atoms with Crippen molar-refractivity contribution in [3.8, 4) is 0 Å². The average molecular weight is 197 g/mol. The van der Waals surface area contributed by atoms with Gasteiger partial charge in [0.2, 0.25) is 0 Å². The number of hydroxylamine groups is 1. The fraction of sp³-hybridized carbons (Fsp3) is 0.333. The number of allylic oxidation sites excluding steroid dienone is 2. The lowest BCUT2D eigenvalue weighted by Crippen LogP contribution is -2.15. The van der Waals surface area contributed by atoms with E-state index in [1.165, 1.54) is 11.6 Å². The zero-order chi connectivity index (χ0) is 10.6. The first kappa shape index (κ1) is 10.5. The summed E-state index contributed by atoms with van der Waals surface area (Å²) in [6.07, 6.45) is 4.50. The lowest BCUT2D eigenvalue weighted by Gasteiger charge is -1.98. The second kappa shape index (κ2) is 4.57. The summed E-state index contributed by atoms with van der Waals surface area (Å²) < 4.78 is 0. The average Bonchev–Trinajstić information content (AvgIpc) is 2.52. The summed E-state index contributed by atoms with van der Waals surface area (Å²) in [5.74, 6) is -1.64. The van der Waals surface area contributed by atoms with Gasteiger partial charge in [-0.05, 0) is 30.4 Å². The number of carbonyl (C=O) groups is 2. The summed E-state index contributed by atoms with van der Waals surface area (Å²) in [4.78, 5) is 21.2. The van der Waals surface area contributed by atoms with Gasteiger partial charge in [-0.25, -0.2) is 10.3 Å². The van der Waals surface area contributed by atoms with Crippen molar-refractivity contribution in [2.24, 2.45) is 0 Å². The van der Waals surface area contributed by atoms with Gasteiger partial charge >= 0.3 is 5.97 Å². The molecule has 1 aliphatic carbocycles. The number of carboxylic acids is 1. The molecule has 3 N–H and O–H groups in total. The number of carboxylic acid groups (broad SMARTS) is 1. The highest BCUT2D eigenvalue weighted by Crippen LogP contribution is 2.29. The van der Waals surface area contributed by atoms with Crippen molar-refractivity contribution in [3.05, 3.63) is 23.3 Å². The summed E-state index contributed by atoms with van der Waals surface area (Å²) in [5, 5.41) is 16.8. The third-order valence-corrected chi connectivity index (χ3v) is 2.02. The fourth-order valence-electron chi connectivity index (χ4n) is 1.46. The first-order valence-electron chi connectivity index (χ1n) is 4.22. The normalized spacial score (nSPS) is 21.5. The smallest absolute Gasteiger partial charge is 0.328 e. The molecule has 1 rings (SSSR count). The monoisotopic (exact) mass is 197 g/mol. The molecule has 1 amide bonds. The number of aliphatic carboxylic acids is 1. The first-order chi connectivity index (χ1) is 6.63. The van der Waals surface area contributed by atoms with Gasteiger partial charge in [0, 0.05) is 12.2 Å². The van der Waals surface area contributed by atoms with Gasteiger partial charge in [0.25, 0.3) is 5.91 Å². The Morgan fingerprint density at radius 3 is 2.29 bits per heavy atom. The molecule has 1 saturated carbocycles. The van der Waals surface area contributed by atoms with Gasteiger partial charge in [-0.1, -0.05) is 0 Å². The second-order valence-corrected chi connectivity index (χ2v) is 3.01. The Hall–Kier alpha value is -1.62. The zero-order valence-electron chi connectivity index (χ0n) is 7.49. The van der Waals surface area contributed by atoms with E-state index in [9.17, 15) is 9.59 Å². The van der Waals surface area contributed by atoms with Gasteiger partial charge in [-0.3, -0.25) is 10.0 Å². The van der Waals surface area contributed by atoms with Crippen LogP contribution in [0.25, 0.3) is 0 Å². The molecule has 0 saturated heterocycles. The molecule has 5 nitrogen and oxygen atoms in total. The van der Waals surface area contributed by atoms with E-state index in [2.05, 4.69) is 0 Å². The fourth-order valence-corrected chi connectivity index (χ4v) is 1.46. The van der Waals surface area contributed by atoms with Gasteiger partial charge in [-0.15, -0.1) is 0 Å². The van der Waals surface area contributed by atoms with E-state index in [1.54, 1.807) is 0 Å². The van der Waals surface area contributed by atoms with Crippen LogP contribution in [0.2, 0.25) is 0 Å². The molecule has 0 aliphatic heterocycles. The van der Waals surface area contributed by atoms with Crippen molar-refractivity contribution in [3.63, 3.8) is 0 Å². The topological polar surface area (TPSA) is 86.6 Å². The van der Waals surface area contributed by atoms with Crippen molar-refractivity contribution in [2.45, 2.75) is 19.3 Å². The molecule has 0 aromatic rings. The van der Waals surface area contributed by atoms with Gasteiger partial charge in [0.15, 0.2) is 0 Å². The predicted octanol–water partition coefficient (Wildman–Crippen LogP) is 0.613. The van der Waals surface area contributed by atoms with Crippen LogP contribution >= 0.6 is 0 Å². The Morgan fingerprint density at radius 2 is 1.79 bits per heavy atom. The first-order valence-corrected chi connectivity index (χ1v) is 4.22. The van der Waals surface area contributed by atoms with Crippen molar-refractivity contribution in [2.75, 3.05) is 0 Å². The molecule has 1 fully saturated rings. The molecule has 0 atom stereocenters. The maximum Gasteiger partial charge on any atom is 0.328 e. The molecule has 0 unspecified atom stereocenters. The largest absolute Gasteiger partial charge is 0.478 e. The van der Waals surface area contributed by atoms with Crippen LogP contribution in [0.3, 0.4) is 0 Å². The summed E-state index contributed by atoms with van der Waals surface area (Å²) >= 11 is 0. The highest BCUT2D eigenvalue weighted by atomic mass is 16.5. The third kappa shape index (κ3) is 2.70. The Balaban J connectivity index is 2.83. The van der Waals surface area contributed by atoms with Crippen LogP contribution in [0, 0.1) is 0 Å². The molecule has 1 aliphatic rings. The van der Waals surface area contributed by atoms with Crippen molar-refractivity contribution >= 4 is 11.9 Å². The quantitative estimate of drug-likeness (QED) is 0.344. The van der Waals surface area contributed by atoms with Crippen molar-refractivity contribution in [1.82, 2.24) is 5.48 Å². The van der Waals surface area contributed by atoms with Crippen LogP contribution in [-0.4, -0.2) is 22.2 Å². The number of amides is 1. The maximum absolute atomic E-state index is 10.8. The van der Waals surface area contributed by atoms with E-state index in [0.29, 0.717) is 24.0 Å². The van der Waals surface area contributed by atoms with Crippen molar-refractivity contribution < 1.29 is 19.9 Å². The van der Waals surface area contributed by atoms with Crippen LogP contribution in [0.5, 0.6) is 0 Å². The van der Waals surface area contributed by atoms with E-state index < -0.39 is 11.9 Å². The molecule has 0 spiro atoms. The van der Waals surface area contributed by atoms with E-state index >= 15 is 0 Å². The second-order valence-electron chi connectivity index (χ2n) is 3.01. The van der Waals surface area contributed by atoms with Gasteiger partial charge in [0.1, 0.15) is 0 Å². The minimum atomic E-state index is -1.02. The van der Waals surface area contributed by atoms with E-state index in [4.69, 9.17) is 10.3 Å². The molecular weight excluding hydrogens is 186 g/mol. The predicted molar refractivity (Wildman–Crippen MR) is 47.6 cm³/mol. The van der Waals surface area contributed by atoms with Gasteiger partial charge in [-0.2, -0.15) is 0 Å². The number of nitrogens with one attached hydrogen (secondary N) is 1. The molecule has 5 heteroatoms. The van der Waals surface area contributed by atoms with Crippen LogP contribution in [0.1, 0.15) is 19.3 Å². The van der Waals surface area contributed by atoms with E-state index in [1.807, 2.05) is 0 Å². The SMILES string of the molecule is O=C(O)/C=C1\CCC\C1=C\C(=O)NO. The van der Waals surface area contributed by atoms with Crippen LogP contribution in [0.15, 0.2) is 23.3 Å². The third-order valence-electron chi connectivity index (χ3n) is 2.02. The van der Waals surface area contributed by atoms with Crippen LogP contribution in [0.4, 0.5) is 0 Å². The summed E-state index contributed by atoms with van der Waals surface area (Å²) in [6.45, 7) is 0. The number of carbonyl (C=O) groups excluding carboxylic acids is 1. The Bertz CT molecular complexity index is 317. The highest BCUT2D eigenvalue weighted by Gasteiger charge is 2.15. The van der Waals surface area contributed by atoms with E-state index in [0.717, 1.165) is 12.5 Å². The molecule has 0 radical (unpaired) electrons. The lowest BCUT2D eigenvalue weighted by atomic mass is 10.1. The number of rotatable bonds is 2. The molecule has 0 aromatic carbocycles. The highest BCUT2D eigenvalue weighted by molar-refractivity contribution is 5.89. The Labute approximate surface area is 80.7 Å². The van der Waals surface area contributed by atoms with E-state index in [-0.39, 0.29) is 0 Å². The lowest BCUT2D eigenvalue weighted by molar-refractivity contribution is -0.131. The zero-order valence-corrected chi connectivity index (χ0v) is 7.49. The molecule has 0 aromatic heterocycles. The van der Waals surface area contributed by atoms with Gasteiger partial charge < -0.3 is 5.11 Å². The molecular formula is C9H11NO4. The Kier molecular flexibility index (Phi) is 3.41. The van der Waals surface area contributed by atoms with Gasteiger partial charge in [0.05, 0.1) is 0 Å². The number of hydrogen-bond donors (Lipinski definition) is 3. The van der Waals surface area contributed by atoms with Crippen molar-refractivity contribution in [1.29, 1.82) is 0 Å². The maximum atomic E-state index is 10.8. The van der Waals surface area contributed by atoms with Crippen LogP contribution in [-0.2, 0) is 9.59 Å². The summed E-state index contributed by atoms with van der Waals surface area (Å²) in [6, 6.07) is 0. The minimum Gasteiger partial charge on any atom is -0.478 e. The van der Waals surface area contributed by atoms with Crippen LogP contribution < -0.4 is 5.48 Å². The molecule has 14 heavy (non-hydrogen) atoms. The molecule has 0 bridgehead atoms. The summed E-state index contributed by atoms with van der Waals surface area (Å²) in [5.41, 5.74) is 2.81. The Morgan fingerprint density at radius 1 is 1.21 bits per heavy atom.